The Kier molecular flexibility index (Phi) is 25.2. The monoisotopic (exact) mass is 691 g/mol. The maximum absolute atomic E-state index is 12.9. The van der Waals surface area contributed by atoms with Crippen molar-refractivity contribution in [3.63, 3.8) is 0 Å². The van der Waals surface area contributed by atoms with Crippen molar-refractivity contribution < 1.29 is 9.59 Å². The number of hydrogen-bond acceptors (Lipinski definition) is 4. The van der Waals surface area contributed by atoms with Crippen LogP contribution >= 0.6 is 0 Å². The van der Waals surface area contributed by atoms with Crippen LogP contribution in [0, 0.1) is 0 Å². The van der Waals surface area contributed by atoms with E-state index in [4.69, 9.17) is 0 Å². The van der Waals surface area contributed by atoms with Crippen molar-refractivity contribution in [3.05, 3.63) is 59.7 Å². The highest BCUT2D eigenvalue weighted by Gasteiger charge is 2.10. The molecule has 0 atom stereocenters. The van der Waals surface area contributed by atoms with E-state index in [9.17, 15) is 9.59 Å². The Morgan fingerprint density at radius 2 is 0.680 bits per heavy atom. The van der Waals surface area contributed by atoms with Crippen LogP contribution in [0.1, 0.15) is 164 Å². The van der Waals surface area contributed by atoms with Crippen LogP contribution in [0.3, 0.4) is 0 Å². The quantitative estimate of drug-likeness (QED) is 0.0773. The predicted octanol–water partition coefficient (Wildman–Crippen LogP) is 10.5. The highest BCUT2D eigenvalue weighted by Crippen LogP contribution is 2.21. The molecule has 2 N–H and O–H groups in total. The second-order valence-electron chi connectivity index (χ2n) is 14.3. The van der Waals surface area contributed by atoms with Crippen molar-refractivity contribution >= 4 is 11.8 Å². The zero-order valence-electron chi connectivity index (χ0n) is 32.7. The number of amides is 2. The van der Waals surface area contributed by atoms with Crippen LogP contribution < -0.4 is 10.6 Å². The van der Waals surface area contributed by atoms with Crippen molar-refractivity contribution in [2.24, 2.45) is 0 Å². The number of rotatable bonds is 31. The molecule has 6 nitrogen and oxygen atoms in total. The molecule has 2 aromatic carbocycles. The average Bonchev–Trinajstić information content (AvgIpc) is 3.14. The molecule has 6 heteroatoms. The number of carbonyl (C=O) groups excluding carboxylic acids is 2. The number of hydrogen-bond donors (Lipinski definition) is 2. The molecule has 0 saturated carbocycles. The molecular formula is C44H74N4O2. The van der Waals surface area contributed by atoms with Crippen LogP contribution in [0.5, 0.6) is 0 Å². The average molecular weight is 691 g/mol. The fourth-order valence-corrected chi connectivity index (χ4v) is 6.56. The van der Waals surface area contributed by atoms with E-state index in [-0.39, 0.29) is 11.8 Å². The number of benzene rings is 2. The third-order valence-electron chi connectivity index (χ3n) is 9.81. The summed E-state index contributed by atoms with van der Waals surface area (Å²) in [6.07, 6.45) is 22.7. The maximum atomic E-state index is 12.9. The van der Waals surface area contributed by atoms with Crippen LogP contribution in [0.4, 0.5) is 0 Å². The van der Waals surface area contributed by atoms with Crippen LogP contribution in [-0.2, 0) is 0 Å². The third kappa shape index (κ3) is 19.6. The smallest absolute Gasteiger partial charge is 0.251 e. The van der Waals surface area contributed by atoms with Crippen molar-refractivity contribution in [3.8, 4) is 11.1 Å². The van der Waals surface area contributed by atoms with Gasteiger partial charge in [0.2, 0.25) is 0 Å². The maximum Gasteiger partial charge on any atom is 0.251 e. The summed E-state index contributed by atoms with van der Waals surface area (Å²) in [5, 5.41) is 6.25. The van der Waals surface area contributed by atoms with Gasteiger partial charge in [0.1, 0.15) is 0 Å². The molecular weight excluding hydrogens is 617 g/mol. The molecule has 0 fully saturated rings. The summed E-state index contributed by atoms with van der Waals surface area (Å²) in [7, 11) is 0. The second-order valence-corrected chi connectivity index (χ2v) is 14.3. The molecule has 0 aliphatic rings. The minimum atomic E-state index is -0.0169. The number of carbonyl (C=O) groups is 2. The molecule has 2 aromatic rings. The Morgan fingerprint density at radius 1 is 0.400 bits per heavy atom. The molecule has 0 aliphatic carbocycles. The van der Waals surface area contributed by atoms with Crippen LogP contribution in [-0.4, -0.2) is 74.0 Å². The largest absolute Gasteiger partial charge is 0.352 e. The van der Waals surface area contributed by atoms with Crippen molar-refractivity contribution in [1.29, 1.82) is 0 Å². The highest BCUT2D eigenvalue weighted by atomic mass is 16.2. The van der Waals surface area contributed by atoms with E-state index in [1.165, 1.54) is 129 Å². The summed E-state index contributed by atoms with van der Waals surface area (Å²) < 4.78 is 0. The minimum absolute atomic E-state index is 0.0169. The topological polar surface area (TPSA) is 64.7 Å². The van der Waals surface area contributed by atoms with Gasteiger partial charge in [-0.05, 0) is 113 Å². The molecule has 0 heterocycles. The van der Waals surface area contributed by atoms with E-state index in [0.29, 0.717) is 24.2 Å². The van der Waals surface area contributed by atoms with E-state index < -0.39 is 0 Å². The van der Waals surface area contributed by atoms with Crippen LogP contribution in [0.25, 0.3) is 11.1 Å². The SMILES string of the molecule is CCCCCCCN(CCCCC)CCCNC(=O)c1ccc(-c2ccc(C(=O)NCCCN(CCCCC)CCCCCCC)cc2)cc1. The highest BCUT2D eigenvalue weighted by molar-refractivity contribution is 5.95. The van der Waals surface area contributed by atoms with E-state index in [1.807, 2.05) is 48.5 Å². The fourth-order valence-electron chi connectivity index (χ4n) is 6.56. The Labute approximate surface area is 307 Å². The fraction of sp³-hybridized carbons (Fsp3) is 0.682. The number of unbranched alkanes of at least 4 members (excludes halogenated alkanes) is 12. The first-order valence-electron chi connectivity index (χ1n) is 20.7. The van der Waals surface area contributed by atoms with Gasteiger partial charge in [-0.2, -0.15) is 0 Å². The molecule has 2 rings (SSSR count). The molecule has 0 spiro atoms. The zero-order chi connectivity index (χ0) is 36.1. The summed E-state index contributed by atoms with van der Waals surface area (Å²) in [5.74, 6) is -0.0338. The summed E-state index contributed by atoms with van der Waals surface area (Å²) in [6.45, 7) is 17.2. The van der Waals surface area contributed by atoms with Gasteiger partial charge in [-0.1, -0.05) is 129 Å². The first kappa shape index (κ1) is 43.5. The van der Waals surface area contributed by atoms with Gasteiger partial charge >= 0.3 is 0 Å². The van der Waals surface area contributed by atoms with Crippen molar-refractivity contribution in [1.82, 2.24) is 20.4 Å². The lowest BCUT2D eigenvalue weighted by Gasteiger charge is -2.22. The van der Waals surface area contributed by atoms with E-state index in [2.05, 4.69) is 48.1 Å². The summed E-state index contributed by atoms with van der Waals surface area (Å²) in [4.78, 5) is 30.9. The lowest BCUT2D eigenvalue weighted by Crippen LogP contribution is -2.31. The van der Waals surface area contributed by atoms with Crippen LogP contribution in [0.15, 0.2) is 48.5 Å². The van der Waals surface area contributed by atoms with Gasteiger partial charge in [0.25, 0.3) is 11.8 Å². The van der Waals surface area contributed by atoms with E-state index >= 15 is 0 Å². The minimum Gasteiger partial charge on any atom is -0.352 e. The van der Waals surface area contributed by atoms with Crippen LogP contribution in [0.2, 0.25) is 0 Å². The van der Waals surface area contributed by atoms with Gasteiger partial charge in [-0.15, -0.1) is 0 Å². The molecule has 0 unspecified atom stereocenters. The molecule has 0 radical (unpaired) electrons. The van der Waals surface area contributed by atoms with Gasteiger partial charge < -0.3 is 20.4 Å². The standard InChI is InChI=1S/C44H74N4O2/c1-5-9-13-15-19-35-47(33-17-11-7-3)37-21-31-45-43(49)41-27-23-39(24-28-41)40-25-29-42(30-26-40)44(50)46-32-22-38-48(34-18-12-8-4)36-20-16-14-10-6-2/h23-30H,5-22,31-38H2,1-4H3,(H,45,49)(H,46,50). The molecule has 50 heavy (non-hydrogen) atoms. The molecule has 0 aromatic heterocycles. The summed E-state index contributed by atoms with van der Waals surface area (Å²) in [5.41, 5.74) is 3.43. The lowest BCUT2D eigenvalue weighted by atomic mass is 10.0. The van der Waals surface area contributed by atoms with E-state index in [0.717, 1.165) is 37.1 Å². The molecule has 0 bridgehead atoms. The van der Waals surface area contributed by atoms with Gasteiger partial charge in [0.05, 0.1) is 0 Å². The summed E-state index contributed by atoms with van der Waals surface area (Å²) >= 11 is 0. The lowest BCUT2D eigenvalue weighted by molar-refractivity contribution is 0.0943. The first-order chi connectivity index (χ1) is 24.5. The molecule has 282 valence electrons. The Balaban J connectivity index is 1.75. The Morgan fingerprint density at radius 3 is 1.02 bits per heavy atom. The Hall–Kier alpha value is -2.70. The van der Waals surface area contributed by atoms with E-state index in [1.54, 1.807) is 0 Å². The first-order valence-corrected chi connectivity index (χ1v) is 20.7. The van der Waals surface area contributed by atoms with Crippen molar-refractivity contribution in [2.45, 2.75) is 143 Å². The number of nitrogens with one attached hydrogen (secondary N) is 2. The summed E-state index contributed by atoms with van der Waals surface area (Å²) in [6, 6.07) is 15.6. The van der Waals surface area contributed by atoms with Gasteiger partial charge in [0, 0.05) is 24.2 Å². The molecule has 0 saturated heterocycles. The van der Waals surface area contributed by atoms with Crippen molar-refractivity contribution in [2.75, 3.05) is 52.4 Å². The normalized spacial score (nSPS) is 11.4. The molecule has 2 amide bonds. The zero-order valence-corrected chi connectivity index (χ0v) is 32.7. The predicted molar refractivity (Wildman–Crippen MR) is 215 cm³/mol. The number of nitrogens with zero attached hydrogens (tertiary/aromatic N) is 2. The van der Waals surface area contributed by atoms with Gasteiger partial charge in [0.15, 0.2) is 0 Å². The Bertz CT molecular complexity index is 1030. The second kappa shape index (κ2) is 28.9. The third-order valence-corrected chi connectivity index (χ3v) is 9.81. The van der Waals surface area contributed by atoms with Gasteiger partial charge in [-0.25, -0.2) is 0 Å². The van der Waals surface area contributed by atoms with Gasteiger partial charge in [-0.3, -0.25) is 9.59 Å². The molecule has 0 aliphatic heterocycles.